The van der Waals surface area contributed by atoms with E-state index < -0.39 is 0 Å². The second-order valence-electron chi connectivity index (χ2n) is 4.61. The molecule has 0 atom stereocenters. The second-order valence-corrected chi connectivity index (χ2v) is 4.61. The SMILES string of the molecule is Cc1ccccc1OCCNC(=O)c1ccc(C=O)cc1. The monoisotopic (exact) mass is 283 g/mol. The molecule has 0 radical (unpaired) electrons. The lowest BCUT2D eigenvalue weighted by molar-refractivity contribution is 0.0946. The summed E-state index contributed by atoms with van der Waals surface area (Å²) in [4.78, 5) is 22.4. The van der Waals surface area contributed by atoms with E-state index in [4.69, 9.17) is 4.74 Å². The Morgan fingerprint density at radius 2 is 1.86 bits per heavy atom. The van der Waals surface area contributed by atoms with Crippen LogP contribution in [0.5, 0.6) is 5.75 Å². The van der Waals surface area contributed by atoms with Gasteiger partial charge < -0.3 is 10.1 Å². The molecule has 4 nitrogen and oxygen atoms in total. The maximum Gasteiger partial charge on any atom is 0.251 e. The number of para-hydroxylation sites is 1. The van der Waals surface area contributed by atoms with Gasteiger partial charge in [-0.15, -0.1) is 0 Å². The molecule has 0 heterocycles. The standard InChI is InChI=1S/C17H17NO3/c1-13-4-2-3-5-16(13)21-11-10-18-17(20)15-8-6-14(12-19)7-9-15/h2-9,12H,10-11H2,1H3,(H,18,20). The van der Waals surface area contributed by atoms with Crippen molar-refractivity contribution in [3.8, 4) is 5.75 Å². The maximum absolute atomic E-state index is 11.9. The first kappa shape index (κ1) is 14.8. The molecule has 0 unspecified atom stereocenters. The van der Waals surface area contributed by atoms with E-state index in [-0.39, 0.29) is 5.91 Å². The van der Waals surface area contributed by atoms with E-state index in [0.717, 1.165) is 17.6 Å². The van der Waals surface area contributed by atoms with Gasteiger partial charge in [0, 0.05) is 11.1 Å². The van der Waals surface area contributed by atoms with Crippen LogP contribution in [-0.4, -0.2) is 25.3 Å². The average molecular weight is 283 g/mol. The molecule has 0 fully saturated rings. The van der Waals surface area contributed by atoms with Gasteiger partial charge in [0.1, 0.15) is 18.6 Å². The molecule has 0 aliphatic rings. The number of ether oxygens (including phenoxy) is 1. The van der Waals surface area contributed by atoms with Crippen molar-refractivity contribution in [3.05, 3.63) is 65.2 Å². The maximum atomic E-state index is 11.9. The Morgan fingerprint density at radius 1 is 1.14 bits per heavy atom. The highest BCUT2D eigenvalue weighted by atomic mass is 16.5. The van der Waals surface area contributed by atoms with Crippen LogP contribution < -0.4 is 10.1 Å². The smallest absolute Gasteiger partial charge is 0.251 e. The van der Waals surface area contributed by atoms with Crippen LogP contribution in [0, 0.1) is 6.92 Å². The fourth-order valence-corrected chi connectivity index (χ4v) is 1.86. The third-order valence-electron chi connectivity index (χ3n) is 3.05. The normalized spacial score (nSPS) is 9.95. The molecule has 1 N–H and O–H groups in total. The highest BCUT2D eigenvalue weighted by molar-refractivity contribution is 5.94. The first-order valence-electron chi connectivity index (χ1n) is 6.72. The summed E-state index contributed by atoms with van der Waals surface area (Å²) in [6, 6.07) is 14.2. The van der Waals surface area contributed by atoms with Crippen LogP contribution in [0.15, 0.2) is 48.5 Å². The molecule has 2 aromatic rings. The number of carbonyl (C=O) groups excluding carboxylic acids is 2. The summed E-state index contributed by atoms with van der Waals surface area (Å²) < 4.78 is 5.60. The van der Waals surface area contributed by atoms with Gasteiger partial charge in [-0.3, -0.25) is 9.59 Å². The molecule has 21 heavy (non-hydrogen) atoms. The first-order valence-corrected chi connectivity index (χ1v) is 6.72. The Kier molecular flexibility index (Phi) is 5.10. The summed E-state index contributed by atoms with van der Waals surface area (Å²) in [6.07, 6.45) is 0.748. The third-order valence-corrected chi connectivity index (χ3v) is 3.05. The Morgan fingerprint density at radius 3 is 2.52 bits per heavy atom. The molecule has 1 amide bonds. The van der Waals surface area contributed by atoms with Crippen molar-refractivity contribution in [2.24, 2.45) is 0 Å². The minimum absolute atomic E-state index is 0.180. The predicted octanol–water partition coefficient (Wildman–Crippen LogP) is 2.62. The van der Waals surface area contributed by atoms with Gasteiger partial charge >= 0.3 is 0 Å². The zero-order valence-electron chi connectivity index (χ0n) is 11.8. The Hall–Kier alpha value is -2.62. The highest BCUT2D eigenvalue weighted by Crippen LogP contribution is 2.15. The third kappa shape index (κ3) is 4.18. The molecular weight excluding hydrogens is 266 g/mol. The number of rotatable bonds is 6. The summed E-state index contributed by atoms with van der Waals surface area (Å²) in [5.74, 6) is 0.642. The van der Waals surface area contributed by atoms with Gasteiger partial charge in [-0.25, -0.2) is 0 Å². The largest absolute Gasteiger partial charge is 0.491 e. The zero-order valence-corrected chi connectivity index (χ0v) is 11.8. The van der Waals surface area contributed by atoms with Gasteiger partial charge in [0.05, 0.1) is 6.54 Å². The molecule has 0 saturated heterocycles. The van der Waals surface area contributed by atoms with E-state index in [0.29, 0.717) is 24.3 Å². The summed E-state index contributed by atoms with van der Waals surface area (Å²) in [5, 5.41) is 2.77. The van der Waals surface area contributed by atoms with Crippen molar-refractivity contribution in [1.29, 1.82) is 0 Å². The van der Waals surface area contributed by atoms with Crippen LogP contribution >= 0.6 is 0 Å². The summed E-state index contributed by atoms with van der Waals surface area (Å²) in [7, 11) is 0. The second kappa shape index (κ2) is 7.24. The number of hydrogen-bond donors (Lipinski definition) is 1. The van der Waals surface area contributed by atoms with Crippen LogP contribution in [0.4, 0.5) is 0 Å². The molecule has 108 valence electrons. The van der Waals surface area contributed by atoms with Gasteiger partial charge in [0.25, 0.3) is 5.91 Å². The van der Waals surface area contributed by atoms with Gasteiger partial charge in [-0.1, -0.05) is 30.3 Å². The molecule has 0 saturated carbocycles. The molecule has 4 heteroatoms. The topological polar surface area (TPSA) is 55.4 Å². The van der Waals surface area contributed by atoms with Crippen LogP contribution in [0.25, 0.3) is 0 Å². The lowest BCUT2D eigenvalue weighted by Gasteiger charge is -2.09. The van der Waals surface area contributed by atoms with E-state index in [9.17, 15) is 9.59 Å². The fourth-order valence-electron chi connectivity index (χ4n) is 1.86. The molecular formula is C17H17NO3. The van der Waals surface area contributed by atoms with Crippen LogP contribution in [-0.2, 0) is 0 Å². The van der Waals surface area contributed by atoms with Crippen molar-refractivity contribution in [1.82, 2.24) is 5.32 Å². The minimum atomic E-state index is -0.180. The van der Waals surface area contributed by atoms with E-state index in [1.165, 1.54) is 0 Å². The van der Waals surface area contributed by atoms with Crippen LogP contribution in [0.3, 0.4) is 0 Å². The lowest BCUT2D eigenvalue weighted by atomic mass is 10.1. The first-order chi connectivity index (χ1) is 10.2. The van der Waals surface area contributed by atoms with Gasteiger partial charge in [-0.05, 0) is 30.7 Å². The number of benzene rings is 2. The fraction of sp³-hybridized carbons (Fsp3) is 0.176. The van der Waals surface area contributed by atoms with Crippen molar-refractivity contribution >= 4 is 12.2 Å². The molecule has 2 aromatic carbocycles. The Balaban J connectivity index is 1.79. The molecule has 0 aliphatic carbocycles. The highest BCUT2D eigenvalue weighted by Gasteiger charge is 2.04. The number of carbonyl (C=O) groups is 2. The lowest BCUT2D eigenvalue weighted by Crippen LogP contribution is -2.28. The van der Waals surface area contributed by atoms with Gasteiger partial charge in [0.15, 0.2) is 0 Å². The molecule has 0 aromatic heterocycles. The quantitative estimate of drug-likeness (QED) is 0.655. The Bertz CT molecular complexity index is 620. The van der Waals surface area contributed by atoms with Crippen molar-refractivity contribution < 1.29 is 14.3 Å². The number of aldehydes is 1. The summed E-state index contributed by atoms with van der Waals surface area (Å²) >= 11 is 0. The minimum Gasteiger partial charge on any atom is -0.491 e. The average Bonchev–Trinajstić information content (AvgIpc) is 2.53. The van der Waals surface area contributed by atoms with Crippen LogP contribution in [0.2, 0.25) is 0 Å². The number of aryl methyl sites for hydroxylation is 1. The van der Waals surface area contributed by atoms with E-state index in [2.05, 4.69) is 5.32 Å². The zero-order chi connectivity index (χ0) is 15.1. The van der Waals surface area contributed by atoms with Crippen molar-refractivity contribution in [3.63, 3.8) is 0 Å². The van der Waals surface area contributed by atoms with E-state index in [1.807, 2.05) is 31.2 Å². The summed E-state index contributed by atoms with van der Waals surface area (Å²) in [5.41, 5.74) is 2.14. The summed E-state index contributed by atoms with van der Waals surface area (Å²) in [6.45, 7) is 2.80. The predicted molar refractivity (Wildman–Crippen MR) is 80.8 cm³/mol. The number of nitrogens with one attached hydrogen (secondary N) is 1. The van der Waals surface area contributed by atoms with E-state index in [1.54, 1.807) is 24.3 Å². The molecule has 0 aliphatic heterocycles. The van der Waals surface area contributed by atoms with E-state index >= 15 is 0 Å². The van der Waals surface area contributed by atoms with Gasteiger partial charge in [0.2, 0.25) is 0 Å². The van der Waals surface area contributed by atoms with Crippen molar-refractivity contribution in [2.75, 3.05) is 13.2 Å². The van der Waals surface area contributed by atoms with Crippen molar-refractivity contribution in [2.45, 2.75) is 6.92 Å². The molecule has 2 rings (SSSR count). The number of amides is 1. The van der Waals surface area contributed by atoms with Crippen LogP contribution in [0.1, 0.15) is 26.3 Å². The Labute approximate surface area is 123 Å². The molecule has 0 bridgehead atoms. The number of hydrogen-bond acceptors (Lipinski definition) is 3. The molecule has 0 spiro atoms. The van der Waals surface area contributed by atoms with Gasteiger partial charge in [-0.2, -0.15) is 0 Å².